The predicted octanol–water partition coefficient (Wildman–Crippen LogP) is 1.25. The van der Waals surface area contributed by atoms with Gasteiger partial charge in [-0.1, -0.05) is 19.8 Å². The number of urea groups is 1. The van der Waals surface area contributed by atoms with Gasteiger partial charge in [-0.3, -0.25) is 4.68 Å². The molecule has 1 aromatic rings. The minimum Gasteiger partial charge on any atom is -0.480 e. The van der Waals surface area contributed by atoms with Gasteiger partial charge in [-0.05, 0) is 18.8 Å². The summed E-state index contributed by atoms with van der Waals surface area (Å²) in [5.74, 6) is -0.654. The molecule has 7 heteroatoms. The largest absolute Gasteiger partial charge is 0.480 e. The minimum atomic E-state index is -1.14. The van der Waals surface area contributed by atoms with Crippen LogP contribution in [0.5, 0.6) is 0 Å². The molecule has 0 bridgehead atoms. The molecule has 1 aliphatic rings. The molecular formula is C14H22N4O3. The summed E-state index contributed by atoms with van der Waals surface area (Å²) in [7, 11) is 1.80. The van der Waals surface area contributed by atoms with Crippen molar-refractivity contribution in [3.63, 3.8) is 0 Å². The molecule has 3 N–H and O–H groups in total. The number of carboxylic acid groups (broad SMARTS) is 1. The summed E-state index contributed by atoms with van der Waals surface area (Å²) < 4.78 is 1.65. The summed E-state index contributed by atoms with van der Waals surface area (Å²) in [4.78, 5) is 23.6. The van der Waals surface area contributed by atoms with Crippen LogP contribution in [0.2, 0.25) is 0 Å². The molecule has 7 nitrogen and oxygen atoms in total. The highest BCUT2D eigenvalue weighted by Gasteiger charge is 2.43. The number of carbonyl (C=O) groups is 2. The van der Waals surface area contributed by atoms with Gasteiger partial charge in [0.05, 0.1) is 6.20 Å². The monoisotopic (exact) mass is 294 g/mol. The van der Waals surface area contributed by atoms with Gasteiger partial charge in [-0.2, -0.15) is 5.10 Å². The van der Waals surface area contributed by atoms with Crippen molar-refractivity contribution in [1.82, 2.24) is 20.4 Å². The van der Waals surface area contributed by atoms with Crippen molar-refractivity contribution in [2.45, 2.75) is 44.7 Å². The second-order valence-corrected chi connectivity index (χ2v) is 5.92. The maximum Gasteiger partial charge on any atom is 0.329 e. The maximum absolute atomic E-state index is 12.0. The van der Waals surface area contributed by atoms with Gasteiger partial charge in [0.15, 0.2) is 0 Å². The van der Waals surface area contributed by atoms with E-state index in [2.05, 4.69) is 15.7 Å². The summed E-state index contributed by atoms with van der Waals surface area (Å²) in [5.41, 5.74) is -0.273. The first-order chi connectivity index (χ1) is 9.91. The Bertz CT molecular complexity index is 528. The van der Waals surface area contributed by atoms with E-state index in [0.717, 1.165) is 18.4 Å². The van der Waals surface area contributed by atoms with Gasteiger partial charge in [0, 0.05) is 25.4 Å². The smallest absolute Gasteiger partial charge is 0.329 e. The SMILES string of the molecule is CC1CCCC(NC(=O)NCc2cnn(C)c2)(C(=O)O)C1. The fourth-order valence-electron chi connectivity index (χ4n) is 2.92. The van der Waals surface area contributed by atoms with E-state index in [-0.39, 0.29) is 0 Å². The van der Waals surface area contributed by atoms with Crippen LogP contribution in [0.25, 0.3) is 0 Å². The molecule has 0 spiro atoms. The average Bonchev–Trinajstić information content (AvgIpc) is 2.82. The zero-order chi connectivity index (χ0) is 15.5. The Hall–Kier alpha value is -2.05. The number of aryl methyl sites for hydroxylation is 1. The third kappa shape index (κ3) is 3.74. The number of nitrogens with zero attached hydrogens (tertiary/aromatic N) is 2. The lowest BCUT2D eigenvalue weighted by Crippen LogP contribution is -2.58. The Morgan fingerprint density at radius 1 is 1.57 bits per heavy atom. The minimum absolute atomic E-state index is 0.300. The number of carbonyl (C=O) groups excluding carboxylic acids is 1. The second kappa shape index (κ2) is 6.15. The normalized spacial score (nSPS) is 25.3. The molecule has 0 saturated heterocycles. The molecule has 116 valence electrons. The molecule has 2 atom stereocenters. The molecule has 2 amide bonds. The van der Waals surface area contributed by atoms with E-state index in [1.54, 1.807) is 24.1 Å². The van der Waals surface area contributed by atoms with Crippen molar-refractivity contribution >= 4 is 12.0 Å². The van der Waals surface area contributed by atoms with E-state index in [0.29, 0.717) is 25.3 Å². The van der Waals surface area contributed by atoms with Crippen LogP contribution in [0.1, 0.15) is 38.2 Å². The molecule has 1 fully saturated rings. The second-order valence-electron chi connectivity index (χ2n) is 5.92. The molecule has 21 heavy (non-hydrogen) atoms. The topological polar surface area (TPSA) is 96.3 Å². The summed E-state index contributed by atoms with van der Waals surface area (Å²) in [6.07, 6.45) is 6.24. The van der Waals surface area contributed by atoms with Crippen LogP contribution < -0.4 is 10.6 Å². The highest BCUT2D eigenvalue weighted by molar-refractivity contribution is 5.86. The lowest BCUT2D eigenvalue weighted by molar-refractivity contribution is -0.146. The predicted molar refractivity (Wildman–Crippen MR) is 76.6 cm³/mol. The van der Waals surface area contributed by atoms with Crippen LogP contribution in [-0.4, -0.2) is 32.4 Å². The number of hydrogen-bond acceptors (Lipinski definition) is 3. The molecular weight excluding hydrogens is 272 g/mol. The fraction of sp³-hybridized carbons (Fsp3) is 0.643. The number of carboxylic acids is 1. The highest BCUT2D eigenvalue weighted by Crippen LogP contribution is 2.32. The van der Waals surface area contributed by atoms with Crippen molar-refractivity contribution in [2.75, 3.05) is 0 Å². The van der Waals surface area contributed by atoms with Gasteiger partial charge < -0.3 is 15.7 Å². The average molecular weight is 294 g/mol. The number of rotatable bonds is 4. The van der Waals surface area contributed by atoms with E-state index in [1.807, 2.05) is 6.92 Å². The molecule has 1 aromatic heterocycles. The molecule has 2 rings (SSSR count). The van der Waals surface area contributed by atoms with Crippen LogP contribution in [0.4, 0.5) is 4.79 Å². The van der Waals surface area contributed by atoms with Gasteiger partial charge in [0.25, 0.3) is 0 Å². The summed E-state index contributed by atoms with van der Waals surface area (Å²) in [6, 6.07) is -0.449. The van der Waals surface area contributed by atoms with Crippen molar-refractivity contribution in [2.24, 2.45) is 13.0 Å². The number of nitrogens with one attached hydrogen (secondary N) is 2. The third-order valence-electron chi connectivity index (χ3n) is 3.97. The van der Waals surface area contributed by atoms with E-state index in [9.17, 15) is 14.7 Å². The van der Waals surface area contributed by atoms with Crippen molar-refractivity contribution in [3.8, 4) is 0 Å². The lowest BCUT2D eigenvalue weighted by atomic mass is 9.76. The van der Waals surface area contributed by atoms with E-state index < -0.39 is 17.5 Å². The van der Waals surface area contributed by atoms with Gasteiger partial charge in [0.2, 0.25) is 0 Å². The number of hydrogen-bond donors (Lipinski definition) is 3. The Balaban J connectivity index is 1.94. The van der Waals surface area contributed by atoms with Crippen LogP contribution in [0, 0.1) is 5.92 Å². The zero-order valence-corrected chi connectivity index (χ0v) is 12.4. The van der Waals surface area contributed by atoms with Crippen LogP contribution >= 0.6 is 0 Å². The van der Waals surface area contributed by atoms with E-state index in [1.165, 1.54) is 0 Å². The molecule has 0 aromatic carbocycles. The zero-order valence-electron chi connectivity index (χ0n) is 12.4. The Labute approximate surface area is 123 Å². The quantitative estimate of drug-likeness (QED) is 0.778. The van der Waals surface area contributed by atoms with Crippen molar-refractivity contribution < 1.29 is 14.7 Å². The summed E-state index contributed by atoms with van der Waals surface area (Å²) in [5, 5.41) is 18.9. The summed E-state index contributed by atoms with van der Waals surface area (Å²) >= 11 is 0. The first-order valence-electron chi connectivity index (χ1n) is 7.18. The van der Waals surface area contributed by atoms with Gasteiger partial charge in [0.1, 0.15) is 5.54 Å². The molecule has 1 saturated carbocycles. The Morgan fingerprint density at radius 2 is 2.33 bits per heavy atom. The fourth-order valence-corrected chi connectivity index (χ4v) is 2.92. The van der Waals surface area contributed by atoms with E-state index in [4.69, 9.17) is 0 Å². The third-order valence-corrected chi connectivity index (χ3v) is 3.97. The summed E-state index contributed by atoms with van der Waals surface area (Å²) in [6.45, 7) is 2.34. The Kier molecular flexibility index (Phi) is 4.50. The molecule has 2 unspecified atom stereocenters. The standard InChI is InChI=1S/C14H22N4O3/c1-10-4-3-5-14(6-10,12(19)20)17-13(21)15-7-11-8-16-18(2)9-11/h8-10H,3-7H2,1-2H3,(H,19,20)(H2,15,17,21). The van der Waals surface area contributed by atoms with Crippen molar-refractivity contribution in [1.29, 1.82) is 0 Å². The van der Waals surface area contributed by atoms with Crippen LogP contribution in [-0.2, 0) is 18.4 Å². The number of aliphatic carboxylic acids is 1. The molecule has 0 aliphatic heterocycles. The lowest BCUT2D eigenvalue weighted by Gasteiger charge is -2.36. The number of aromatic nitrogens is 2. The molecule has 1 aliphatic carbocycles. The van der Waals surface area contributed by atoms with Crippen LogP contribution in [0.3, 0.4) is 0 Å². The van der Waals surface area contributed by atoms with Crippen LogP contribution in [0.15, 0.2) is 12.4 Å². The van der Waals surface area contributed by atoms with Crippen molar-refractivity contribution in [3.05, 3.63) is 18.0 Å². The van der Waals surface area contributed by atoms with Gasteiger partial charge >= 0.3 is 12.0 Å². The van der Waals surface area contributed by atoms with E-state index >= 15 is 0 Å². The Morgan fingerprint density at radius 3 is 2.90 bits per heavy atom. The number of amides is 2. The first-order valence-corrected chi connectivity index (χ1v) is 7.18. The maximum atomic E-state index is 12.0. The van der Waals surface area contributed by atoms with Gasteiger partial charge in [-0.15, -0.1) is 0 Å². The molecule has 1 heterocycles. The molecule has 0 radical (unpaired) electrons. The first kappa shape index (κ1) is 15.3. The van der Waals surface area contributed by atoms with Gasteiger partial charge in [-0.25, -0.2) is 9.59 Å². The highest BCUT2D eigenvalue weighted by atomic mass is 16.4.